The van der Waals surface area contributed by atoms with Crippen molar-refractivity contribution in [3.63, 3.8) is 0 Å². The lowest BCUT2D eigenvalue weighted by Crippen LogP contribution is -2.23. The maximum Gasteiger partial charge on any atom is 0.0415 e. The molecule has 0 bridgehead atoms. The first-order valence-electron chi connectivity index (χ1n) is 7.29. The van der Waals surface area contributed by atoms with E-state index in [9.17, 15) is 0 Å². The molecule has 0 fully saturated rings. The first-order valence-corrected chi connectivity index (χ1v) is 9.07. The molecule has 0 aliphatic rings. The van der Waals surface area contributed by atoms with E-state index in [1.807, 2.05) is 11.8 Å². The highest BCUT2D eigenvalue weighted by atomic mass is 79.9. The SMILES string of the molecule is CCNC(CSc1ccc(Br)cc1)c1ccc(C)c(C)c1. The molecule has 0 saturated carbocycles. The zero-order valence-electron chi connectivity index (χ0n) is 12.8. The number of hydrogen-bond donors (Lipinski definition) is 1. The van der Waals surface area contributed by atoms with Crippen LogP contribution in [0.5, 0.6) is 0 Å². The molecule has 1 atom stereocenters. The van der Waals surface area contributed by atoms with Crippen molar-refractivity contribution in [3.8, 4) is 0 Å². The molecule has 112 valence electrons. The third kappa shape index (κ3) is 4.87. The highest BCUT2D eigenvalue weighted by Crippen LogP contribution is 2.27. The Morgan fingerprint density at radius 3 is 2.38 bits per heavy atom. The highest BCUT2D eigenvalue weighted by Gasteiger charge is 2.11. The number of hydrogen-bond acceptors (Lipinski definition) is 2. The minimum atomic E-state index is 0.392. The largest absolute Gasteiger partial charge is 0.309 e. The number of benzene rings is 2. The Hall–Kier alpha value is -0.770. The van der Waals surface area contributed by atoms with Gasteiger partial charge in [0.15, 0.2) is 0 Å². The highest BCUT2D eigenvalue weighted by molar-refractivity contribution is 9.10. The van der Waals surface area contributed by atoms with Crippen molar-refractivity contribution in [1.82, 2.24) is 5.32 Å². The molecule has 0 spiro atoms. The Bertz CT molecular complexity index is 580. The Morgan fingerprint density at radius 2 is 1.76 bits per heavy atom. The third-order valence-electron chi connectivity index (χ3n) is 3.61. The second kappa shape index (κ2) is 8.02. The van der Waals surface area contributed by atoms with E-state index >= 15 is 0 Å². The number of halogens is 1. The Balaban J connectivity index is 2.07. The second-order valence-corrected chi connectivity index (χ2v) is 7.23. The first kappa shape index (κ1) is 16.6. The summed E-state index contributed by atoms with van der Waals surface area (Å²) < 4.78 is 1.13. The Labute approximate surface area is 140 Å². The molecule has 1 unspecified atom stereocenters. The van der Waals surface area contributed by atoms with E-state index in [2.05, 4.69) is 84.5 Å². The smallest absolute Gasteiger partial charge is 0.0415 e. The van der Waals surface area contributed by atoms with Crippen LogP contribution in [0.1, 0.15) is 29.7 Å². The van der Waals surface area contributed by atoms with Gasteiger partial charge in [0.1, 0.15) is 0 Å². The van der Waals surface area contributed by atoms with Gasteiger partial charge in [0.2, 0.25) is 0 Å². The summed E-state index contributed by atoms with van der Waals surface area (Å²) in [6.45, 7) is 7.50. The van der Waals surface area contributed by atoms with Crippen molar-refractivity contribution in [2.75, 3.05) is 12.3 Å². The summed E-state index contributed by atoms with van der Waals surface area (Å²) in [5.74, 6) is 1.04. The van der Waals surface area contributed by atoms with Crippen molar-refractivity contribution >= 4 is 27.7 Å². The van der Waals surface area contributed by atoms with E-state index in [4.69, 9.17) is 0 Å². The second-order valence-electron chi connectivity index (χ2n) is 5.22. The Morgan fingerprint density at radius 1 is 1.05 bits per heavy atom. The van der Waals surface area contributed by atoms with E-state index in [0.29, 0.717) is 6.04 Å². The molecule has 0 saturated heterocycles. The van der Waals surface area contributed by atoms with Gasteiger partial charge in [-0.1, -0.05) is 41.1 Å². The topological polar surface area (TPSA) is 12.0 Å². The van der Waals surface area contributed by atoms with E-state index < -0.39 is 0 Å². The van der Waals surface area contributed by atoms with Crippen LogP contribution in [0.25, 0.3) is 0 Å². The summed E-state index contributed by atoms with van der Waals surface area (Å²) >= 11 is 5.38. The number of thioether (sulfide) groups is 1. The molecular weight excluding hydrogens is 342 g/mol. The summed E-state index contributed by atoms with van der Waals surface area (Å²) in [6, 6.07) is 15.7. The van der Waals surface area contributed by atoms with Gasteiger partial charge in [-0.3, -0.25) is 0 Å². The van der Waals surface area contributed by atoms with Crippen molar-refractivity contribution < 1.29 is 0 Å². The monoisotopic (exact) mass is 363 g/mol. The number of aryl methyl sites for hydroxylation is 2. The fourth-order valence-corrected chi connectivity index (χ4v) is 3.47. The lowest BCUT2D eigenvalue weighted by atomic mass is 10.0. The summed E-state index contributed by atoms with van der Waals surface area (Å²) in [4.78, 5) is 1.31. The molecule has 1 nitrogen and oxygen atoms in total. The normalized spacial score (nSPS) is 12.4. The van der Waals surface area contributed by atoms with Crippen LogP contribution in [-0.2, 0) is 0 Å². The minimum absolute atomic E-state index is 0.392. The van der Waals surface area contributed by atoms with Gasteiger partial charge in [-0.15, -0.1) is 11.8 Å². The van der Waals surface area contributed by atoms with Crippen LogP contribution in [-0.4, -0.2) is 12.3 Å². The Kier molecular flexibility index (Phi) is 6.34. The predicted molar refractivity (Wildman–Crippen MR) is 97.2 cm³/mol. The quantitative estimate of drug-likeness (QED) is 0.679. The molecule has 0 aromatic heterocycles. The van der Waals surface area contributed by atoms with Gasteiger partial charge in [-0.2, -0.15) is 0 Å². The fourth-order valence-electron chi connectivity index (χ4n) is 2.21. The molecule has 0 aliphatic carbocycles. The minimum Gasteiger partial charge on any atom is -0.309 e. The molecule has 21 heavy (non-hydrogen) atoms. The van der Waals surface area contributed by atoms with Crippen LogP contribution in [0.3, 0.4) is 0 Å². The predicted octanol–water partition coefficient (Wildman–Crippen LogP) is 5.51. The standard InChI is InChI=1S/C18H22BrNS/c1-4-20-18(15-6-5-13(2)14(3)11-15)12-21-17-9-7-16(19)8-10-17/h5-11,18,20H,4,12H2,1-3H3. The van der Waals surface area contributed by atoms with Gasteiger partial charge < -0.3 is 5.32 Å². The van der Waals surface area contributed by atoms with Crippen molar-refractivity contribution in [2.45, 2.75) is 31.7 Å². The zero-order chi connectivity index (χ0) is 15.2. The van der Waals surface area contributed by atoms with E-state index in [0.717, 1.165) is 16.8 Å². The lowest BCUT2D eigenvalue weighted by molar-refractivity contribution is 0.605. The molecule has 0 amide bonds. The maximum absolute atomic E-state index is 3.60. The molecule has 2 rings (SSSR count). The lowest BCUT2D eigenvalue weighted by Gasteiger charge is -2.19. The molecule has 2 aromatic rings. The summed E-state index contributed by atoms with van der Waals surface area (Å²) in [6.07, 6.45) is 0. The van der Waals surface area contributed by atoms with Gasteiger partial charge in [0.25, 0.3) is 0 Å². The summed E-state index contributed by atoms with van der Waals surface area (Å²) in [7, 11) is 0. The molecule has 0 aliphatic heterocycles. The van der Waals surface area contributed by atoms with E-state index in [-0.39, 0.29) is 0 Å². The van der Waals surface area contributed by atoms with E-state index in [1.54, 1.807) is 0 Å². The van der Waals surface area contributed by atoms with Crippen LogP contribution in [0.2, 0.25) is 0 Å². The van der Waals surface area contributed by atoms with Gasteiger partial charge in [0, 0.05) is 21.2 Å². The molecule has 0 radical (unpaired) electrons. The van der Waals surface area contributed by atoms with Crippen LogP contribution >= 0.6 is 27.7 Å². The van der Waals surface area contributed by atoms with Crippen LogP contribution in [0.4, 0.5) is 0 Å². The average Bonchev–Trinajstić information content (AvgIpc) is 2.48. The summed E-state index contributed by atoms with van der Waals surface area (Å²) in [5.41, 5.74) is 4.10. The van der Waals surface area contributed by atoms with Crippen LogP contribution < -0.4 is 5.32 Å². The molecule has 3 heteroatoms. The van der Waals surface area contributed by atoms with Crippen LogP contribution in [0, 0.1) is 13.8 Å². The molecule has 2 aromatic carbocycles. The number of rotatable bonds is 6. The van der Waals surface area contributed by atoms with Gasteiger partial charge in [-0.05, 0) is 61.3 Å². The molecule has 0 heterocycles. The van der Waals surface area contributed by atoms with Crippen LogP contribution in [0.15, 0.2) is 51.8 Å². The van der Waals surface area contributed by atoms with Gasteiger partial charge in [0.05, 0.1) is 0 Å². The first-order chi connectivity index (χ1) is 10.1. The van der Waals surface area contributed by atoms with Gasteiger partial charge in [-0.25, -0.2) is 0 Å². The third-order valence-corrected chi connectivity index (χ3v) is 5.25. The van der Waals surface area contributed by atoms with Crippen molar-refractivity contribution in [1.29, 1.82) is 0 Å². The summed E-state index contributed by atoms with van der Waals surface area (Å²) in [5, 5.41) is 3.60. The zero-order valence-corrected chi connectivity index (χ0v) is 15.2. The van der Waals surface area contributed by atoms with Crippen molar-refractivity contribution in [3.05, 3.63) is 63.6 Å². The molecular formula is C18H22BrNS. The maximum atomic E-state index is 3.60. The van der Waals surface area contributed by atoms with E-state index in [1.165, 1.54) is 21.6 Å². The number of nitrogens with one attached hydrogen (secondary N) is 1. The molecule has 1 N–H and O–H groups in total. The average molecular weight is 364 g/mol. The van der Waals surface area contributed by atoms with Gasteiger partial charge >= 0.3 is 0 Å². The fraction of sp³-hybridized carbons (Fsp3) is 0.333. The van der Waals surface area contributed by atoms with Crippen molar-refractivity contribution in [2.24, 2.45) is 0 Å².